The van der Waals surface area contributed by atoms with E-state index in [1.807, 2.05) is 6.26 Å². The maximum Gasteiger partial charge on any atom is 0.0714 e. The fourth-order valence-corrected chi connectivity index (χ4v) is 1.19. The quantitative estimate of drug-likeness (QED) is 0.553. The Labute approximate surface area is 71.4 Å². The van der Waals surface area contributed by atoms with Crippen LogP contribution in [0.25, 0.3) is 0 Å². The average molecular weight is 188 g/mol. The van der Waals surface area contributed by atoms with Gasteiger partial charge in [-0.1, -0.05) is 0 Å². The summed E-state index contributed by atoms with van der Waals surface area (Å²) in [6.07, 6.45) is 1.88. The van der Waals surface area contributed by atoms with Crippen molar-refractivity contribution in [2.45, 2.75) is 5.54 Å². The van der Waals surface area contributed by atoms with Gasteiger partial charge in [-0.05, 0) is 6.26 Å². The number of nitrogens with two attached hydrogens (primary N) is 1. The Kier molecular flexibility index (Phi) is 8.20. The maximum atomic E-state index is 8.62. The second-order valence-corrected chi connectivity index (χ2v) is 2.98. The van der Waals surface area contributed by atoms with Crippen molar-refractivity contribution in [1.29, 1.82) is 0 Å². The zero-order chi connectivity index (χ0) is 7.33. The van der Waals surface area contributed by atoms with E-state index in [1.54, 1.807) is 0 Å². The van der Waals surface area contributed by atoms with Crippen molar-refractivity contribution in [3.63, 3.8) is 0 Å². The van der Waals surface area contributed by atoms with Gasteiger partial charge in [-0.25, -0.2) is 0 Å². The predicted molar refractivity (Wildman–Crippen MR) is 46.7 cm³/mol. The summed E-state index contributed by atoms with van der Waals surface area (Å²) in [4.78, 5) is 0. The third-order valence-corrected chi connectivity index (χ3v) is 1.93. The Balaban J connectivity index is 0. The van der Waals surface area contributed by atoms with Crippen LogP contribution in [0.3, 0.4) is 0 Å². The summed E-state index contributed by atoms with van der Waals surface area (Å²) in [5.41, 5.74) is 4.69. The molecule has 4 N–H and O–H groups in total. The molecule has 0 spiro atoms. The van der Waals surface area contributed by atoms with Gasteiger partial charge in [0, 0.05) is 5.75 Å². The first-order valence-corrected chi connectivity index (χ1v) is 4.07. The van der Waals surface area contributed by atoms with Crippen molar-refractivity contribution in [1.82, 2.24) is 0 Å². The van der Waals surface area contributed by atoms with E-state index in [2.05, 4.69) is 0 Å². The van der Waals surface area contributed by atoms with Gasteiger partial charge in [0.25, 0.3) is 0 Å². The summed E-state index contributed by atoms with van der Waals surface area (Å²) in [6, 6.07) is 0. The minimum Gasteiger partial charge on any atom is -0.394 e. The molecule has 10 heavy (non-hydrogen) atoms. The van der Waals surface area contributed by atoms with E-state index >= 15 is 0 Å². The van der Waals surface area contributed by atoms with E-state index in [1.165, 1.54) is 11.8 Å². The number of aliphatic hydroxyl groups excluding tert-OH is 2. The van der Waals surface area contributed by atoms with E-state index in [0.29, 0.717) is 5.75 Å². The van der Waals surface area contributed by atoms with E-state index in [0.717, 1.165) is 0 Å². The largest absolute Gasteiger partial charge is 0.394 e. The van der Waals surface area contributed by atoms with E-state index < -0.39 is 5.54 Å². The second kappa shape index (κ2) is 6.24. The van der Waals surface area contributed by atoms with Crippen LogP contribution in [0, 0.1) is 0 Å². The lowest BCUT2D eigenvalue weighted by Gasteiger charge is -2.22. The van der Waals surface area contributed by atoms with Gasteiger partial charge in [-0.15, -0.1) is 12.4 Å². The number of hydrogen-bond acceptors (Lipinski definition) is 4. The van der Waals surface area contributed by atoms with Crippen molar-refractivity contribution >= 4 is 24.2 Å². The highest BCUT2D eigenvalue weighted by Crippen LogP contribution is 2.05. The van der Waals surface area contributed by atoms with Crippen LogP contribution in [0.5, 0.6) is 0 Å². The van der Waals surface area contributed by atoms with Gasteiger partial charge in [-0.3, -0.25) is 0 Å². The van der Waals surface area contributed by atoms with Gasteiger partial charge in [0.05, 0.1) is 18.8 Å². The molecular formula is C5H14ClNO2S. The fraction of sp³-hybridized carbons (Fsp3) is 1.00. The number of rotatable bonds is 4. The SMILES string of the molecule is CSCC(N)(CO)CO.Cl. The molecule has 0 unspecified atom stereocenters. The molecule has 0 fully saturated rings. The molecule has 0 aromatic rings. The molecule has 0 atom stereocenters. The van der Waals surface area contributed by atoms with Crippen LogP contribution in [-0.4, -0.2) is 41.0 Å². The van der Waals surface area contributed by atoms with Crippen LogP contribution in [0.15, 0.2) is 0 Å². The molecule has 0 aliphatic heterocycles. The van der Waals surface area contributed by atoms with Gasteiger partial charge in [0.1, 0.15) is 0 Å². The van der Waals surface area contributed by atoms with Gasteiger partial charge in [-0.2, -0.15) is 11.8 Å². The molecule has 0 aliphatic rings. The molecule has 0 radical (unpaired) electrons. The van der Waals surface area contributed by atoms with Crippen molar-refractivity contribution in [2.24, 2.45) is 5.73 Å². The Morgan fingerprint density at radius 2 is 1.80 bits per heavy atom. The first-order chi connectivity index (χ1) is 4.18. The second-order valence-electron chi connectivity index (χ2n) is 2.11. The van der Waals surface area contributed by atoms with Crippen LogP contribution in [-0.2, 0) is 0 Å². The minimum absolute atomic E-state index is 0. The fourth-order valence-electron chi connectivity index (χ4n) is 0.429. The lowest BCUT2D eigenvalue weighted by atomic mass is 10.1. The predicted octanol–water partition coefficient (Wildman–Crippen LogP) is -0.547. The first-order valence-electron chi connectivity index (χ1n) is 2.68. The number of halogens is 1. The summed E-state index contributed by atoms with van der Waals surface area (Å²) in [5.74, 6) is 0.583. The Bertz CT molecular complexity index is 80.0. The lowest BCUT2D eigenvalue weighted by Crippen LogP contribution is -2.49. The van der Waals surface area contributed by atoms with Crippen LogP contribution in [0.2, 0.25) is 0 Å². The zero-order valence-corrected chi connectivity index (χ0v) is 7.54. The zero-order valence-electron chi connectivity index (χ0n) is 5.91. The topological polar surface area (TPSA) is 66.5 Å². The molecule has 0 aromatic carbocycles. The summed E-state index contributed by atoms with van der Waals surface area (Å²) < 4.78 is 0. The molecular weight excluding hydrogens is 174 g/mol. The molecule has 0 saturated heterocycles. The Morgan fingerprint density at radius 3 is 1.90 bits per heavy atom. The smallest absolute Gasteiger partial charge is 0.0714 e. The first kappa shape index (κ1) is 13.1. The van der Waals surface area contributed by atoms with E-state index in [4.69, 9.17) is 15.9 Å². The molecule has 0 bridgehead atoms. The van der Waals surface area contributed by atoms with Gasteiger partial charge in [0.15, 0.2) is 0 Å². The summed E-state index contributed by atoms with van der Waals surface area (Å²) in [6.45, 7) is -0.325. The Hall–Kier alpha value is 0.520. The minimum atomic E-state index is -0.792. The van der Waals surface area contributed by atoms with Crippen molar-refractivity contribution in [2.75, 3.05) is 25.2 Å². The molecule has 64 valence electrons. The van der Waals surface area contributed by atoms with E-state index in [9.17, 15) is 0 Å². The van der Waals surface area contributed by atoms with E-state index in [-0.39, 0.29) is 25.6 Å². The van der Waals surface area contributed by atoms with Crippen LogP contribution >= 0.6 is 24.2 Å². The van der Waals surface area contributed by atoms with Gasteiger partial charge < -0.3 is 15.9 Å². The summed E-state index contributed by atoms with van der Waals surface area (Å²) >= 11 is 1.51. The highest BCUT2D eigenvalue weighted by Gasteiger charge is 2.21. The highest BCUT2D eigenvalue weighted by atomic mass is 35.5. The molecule has 0 heterocycles. The molecule has 3 nitrogen and oxygen atoms in total. The average Bonchev–Trinajstić information content (AvgIpc) is 1.89. The number of hydrogen-bond donors (Lipinski definition) is 3. The van der Waals surface area contributed by atoms with Crippen LogP contribution in [0.4, 0.5) is 0 Å². The molecule has 0 aliphatic carbocycles. The van der Waals surface area contributed by atoms with Crippen molar-refractivity contribution < 1.29 is 10.2 Å². The molecule has 5 heteroatoms. The normalized spacial score (nSPS) is 10.8. The Morgan fingerprint density at radius 1 is 1.40 bits per heavy atom. The molecule has 0 amide bonds. The standard InChI is InChI=1S/C5H13NO2S.ClH/c1-9-4-5(6,2-7)3-8;/h7-8H,2-4,6H2,1H3;1H. The maximum absolute atomic E-state index is 8.62. The van der Waals surface area contributed by atoms with Gasteiger partial charge >= 0.3 is 0 Å². The van der Waals surface area contributed by atoms with Crippen molar-refractivity contribution in [3.8, 4) is 0 Å². The molecule has 0 aromatic heterocycles. The monoisotopic (exact) mass is 187 g/mol. The summed E-state index contributed by atoms with van der Waals surface area (Å²) in [7, 11) is 0. The van der Waals surface area contributed by atoms with Crippen molar-refractivity contribution in [3.05, 3.63) is 0 Å². The summed E-state index contributed by atoms with van der Waals surface area (Å²) in [5, 5.41) is 17.2. The van der Waals surface area contributed by atoms with Crippen LogP contribution < -0.4 is 5.73 Å². The highest BCUT2D eigenvalue weighted by molar-refractivity contribution is 7.98. The number of thioether (sulfide) groups is 1. The third kappa shape index (κ3) is 4.35. The molecule has 0 saturated carbocycles. The number of aliphatic hydroxyl groups is 2. The third-order valence-electron chi connectivity index (χ3n) is 1.06. The van der Waals surface area contributed by atoms with Gasteiger partial charge in [0.2, 0.25) is 0 Å². The lowest BCUT2D eigenvalue weighted by molar-refractivity contribution is 0.137. The molecule has 0 rings (SSSR count). The van der Waals surface area contributed by atoms with Crippen LogP contribution in [0.1, 0.15) is 0 Å².